The molecule has 0 heterocycles. The van der Waals surface area contributed by atoms with Crippen molar-refractivity contribution in [1.82, 2.24) is 4.72 Å². The third-order valence-corrected chi connectivity index (χ3v) is 4.14. The molecule has 0 aromatic heterocycles. The first-order chi connectivity index (χ1) is 8.27. The second-order valence-corrected chi connectivity index (χ2v) is 6.04. The lowest BCUT2D eigenvalue weighted by atomic mass is 10.3. The Balaban J connectivity index is 3.07. The number of halogens is 2. The molecule has 1 aromatic carbocycles. The minimum atomic E-state index is -4.08. The summed E-state index contributed by atoms with van der Waals surface area (Å²) < 4.78 is 39.7. The van der Waals surface area contributed by atoms with Crippen molar-refractivity contribution in [3.8, 4) is 0 Å². The summed E-state index contributed by atoms with van der Waals surface area (Å²) in [7, 11) is -4.08. The second-order valence-electron chi connectivity index (χ2n) is 3.44. The molecule has 1 aromatic rings. The van der Waals surface area contributed by atoms with Crippen molar-refractivity contribution in [1.29, 1.82) is 0 Å². The van der Waals surface area contributed by atoms with Crippen molar-refractivity contribution >= 4 is 31.8 Å². The Morgan fingerprint density at radius 1 is 1.61 bits per heavy atom. The molecule has 0 fully saturated rings. The zero-order chi connectivity index (χ0) is 13.9. The molecule has 1 rings (SSSR count). The van der Waals surface area contributed by atoms with Crippen LogP contribution in [0.4, 0.5) is 4.39 Å². The fraction of sp³-hybridized carbons (Fsp3) is 0.222. The van der Waals surface area contributed by atoms with E-state index in [1.165, 1.54) is 13.0 Å². The number of nitrogens with two attached hydrogens (primary N) is 1. The number of hydrogen-bond acceptors (Lipinski definition) is 4. The Morgan fingerprint density at radius 2 is 2.22 bits per heavy atom. The number of oxime groups is 1. The molecule has 4 N–H and O–H groups in total. The Morgan fingerprint density at radius 3 is 2.72 bits per heavy atom. The van der Waals surface area contributed by atoms with Gasteiger partial charge in [-0.05, 0) is 25.1 Å². The van der Waals surface area contributed by atoms with E-state index in [0.29, 0.717) is 4.47 Å². The molecule has 0 saturated carbocycles. The summed E-state index contributed by atoms with van der Waals surface area (Å²) in [6.07, 6.45) is 0. The van der Waals surface area contributed by atoms with E-state index in [1.807, 2.05) is 0 Å². The molecule has 1 atom stereocenters. The van der Waals surface area contributed by atoms with Gasteiger partial charge in [0.25, 0.3) is 0 Å². The van der Waals surface area contributed by atoms with Crippen molar-refractivity contribution in [3.63, 3.8) is 0 Å². The van der Waals surface area contributed by atoms with Crippen molar-refractivity contribution in [2.45, 2.75) is 17.9 Å². The number of nitrogens with zero attached hydrogens (tertiary/aromatic N) is 1. The highest BCUT2D eigenvalue weighted by atomic mass is 79.9. The SMILES string of the molecule is CC(NS(=O)(=O)c1ccc(Br)cc1F)/C(N)=N/O. The van der Waals surface area contributed by atoms with Crippen LogP contribution in [0, 0.1) is 5.82 Å². The van der Waals surface area contributed by atoms with Crippen LogP contribution in [0.3, 0.4) is 0 Å². The Bertz CT molecular complexity index is 576. The minimum Gasteiger partial charge on any atom is -0.409 e. The molecule has 6 nitrogen and oxygen atoms in total. The van der Waals surface area contributed by atoms with E-state index in [4.69, 9.17) is 10.9 Å². The monoisotopic (exact) mass is 339 g/mol. The van der Waals surface area contributed by atoms with Gasteiger partial charge in [-0.3, -0.25) is 0 Å². The van der Waals surface area contributed by atoms with Gasteiger partial charge in [0.2, 0.25) is 10.0 Å². The van der Waals surface area contributed by atoms with Crippen molar-refractivity contribution < 1.29 is 18.0 Å². The molecule has 0 aliphatic heterocycles. The third-order valence-electron chi connectivity index (χ3n) is 2.07. The van der Waals surface area contributed by atoms with Crippen LogP contribution in [-0.2, 0) is 10.0 Å². The van der Waals surface area contributed by atoms with E-state index in [-0.39, 0.29) is 5.84 Å². The Kier molecular flexibility index (Phi) is 4.65. The third kappa shape index (κ3) is 3.40. The fourth-order valence-electron chi connectivity index (χ4n) is 1.14. The Labute approximate surface area is 112 Å². The quantitative estimate of drug-likeness (QED) is 0.329. The average molecular weight is 340 g/mol. The molecule has 9 heteroatoms. The normalized spacial score (nSPS) is 14.5. The van der Waals surface area contributed by atoms with Crippen LogP contribution in [0.25, 0.3) is 0 Å². The lowest BCUT2D eigenvalue weighted by molar-refractivity contribution is 0.316. The smallest absolute Gasteiger partial charge is 0.244 e. The maximum absolute atomic E-state index is 13.5. The van der Waals surface area contributed by atoms with Gasteiger partial charge in [-0.2, -0.15) is 0 Å². The highest BCUT2D eigenvalue weighted by Gasteiger charge is 2.23. The average Bonchev–Trinajstić information content (AvgIpc) is 2.26. The number of sulfonamides is 1. The highest BCUT2D eigenvalue weighted by molar-refractivity contribution is 9.10. The predicted octanol–water partition coefficient (Wildman–Crippen LogP) is 1.00. The van der Waals surface area contributed by atoms with Gasteiger partial charge in [-0.15, -0.1) is 0 Å². The van der Waals surface area contributed by atoms with Crippen molar-refractivity contribution in [2.75, 3.05) is 0 Å². The topological polar surface area (TPSA) is 105 Å². The van der Waals surface area contributed by atoms with Crippen LogP contribution in [0.2, 0.25) is 0 Å². The predicted molar refractivity (Wildman–Crippen MR) is 67.3 cm³/mol. The van der Waals surface area contributed by atoms with Gasteiger partial charge in [0.15, 0.2) is 5.84 Å². The van der Waals surface area contributed by atoms with E-state index >= 15 is 0 Å². The molecule has 0 bridgehead atoms. The van der Waals surface area contributed by atoms with Crippen LogP contribution >= 0.6 is 15.9 Å². The van der Waals surface area contributed by atoms with E-state index in [0.717, 1.165) is 12.1 Å². The minimum absolute atomic E-state index is 0.323. The van der Waals surface area contributed by atoms with Gasteiger partial charge in [-0.1, -0.05) is 21.1 Å². The molecule has 0 spiro atoms. The maximum atomic E-state index is 13.5. The molecule has 1 unspecified atom stereocenters. The molecular weight excluding hydrogens is 329 g/mol. The second kappa shape index (κ2) is 5.63. The summed E-state index contributed by atoms with van der Waals surface area (Å²) in [4.78, 5) is -0.511. The van der Waals surface area contributed by atoms with Crippen LogP contribution in [0.1, 0.15) is 6.92 Å². The first-order valence-corrected chi connectivity index (χ1v) is 7.00. The van der Waals surface area contributed by atoms with Crippen LogP contribution in [0.15, 0.2) is 32.7 Å². The molecule has 0 aliphatic rings. The summed E-state index contributed by atoms with van der Waals surface area (Å²) in [5, 5.41) is 11.1. The molecule has 0 saturated heterocycles. The molecule has 100 valence electrons. The molecule has 0 amide bonds. The first-order valence-electron chi connectivity index (χ1n) is 4.72. The summed E-state index contributed by atoms with van der Waals surface area (Å²) in [5.41, 5.74) is 5.24. The maximum Gasteiger partial charge on any atom is 0.244 e. The number of amidine groups is 1. The van der Waals surface area contributed by atoms with E-state index in [1.54, 1.807) is 0 Å². The lowest BCUT2D eigenvalue weighted by Gasteiger charge is -2.13. The molecular formula is C9H11BrFN3O3S. The number of benzene rings is 1. The van der Waals surface area contributed by atoms with Gasteiger partial charge in [0, 0.05) is 4.47 Å². The van der Waals surface area contributed by atoms with Crippen molar-refractivity contribution in [3.05, 3.63) is 28.5 Å². The zero-order valence-electron chi connectivity index (χ0n) is 9.26. The largest absolute Gasteiger partial charge is 0.409 e. The number of nitrogens with one attached hydrogen (secondary N) is 1. The first kappa shape index (κ1) is 14.9. The van der Waals surface area contributed by atoms with Crippen LogP contribution < -0.4 is 10.5 Å². The highest BCUT2D eigenvalue weighted by Crippen LogP contribution is 2.19. The number of rotatable bonds is 4. The van der Waals surface area contributed by atoms with Crippen LogP contribution in [0.5, 0.6) is 0 Å². The molecule has 0 radical (unpaired) electrons. The summed E-state index contributed by atoms with van der Waals surface area (Å²) in [6.45, 7) is 1.36. The summed E-state index contributed by atoms with van der Waals surface area (Å²) in [5.74, 6) is -1.22. The van der Waals surface area contributed by atoms with Gasteiger partial charge < -0.3 is 10.9 Å². The molecule has 0 aliphatic carbocycles. The molecule has 18 heavy (non-hydrogen) atoms. The van der Waals surface area contributed by atoms with E-state index < -0.39 is 26.8 Å². The standard InChI is InChI=1S/C9H11BrFN3O3S/c1-5(9(12)13-15)14-18(16,17)8-3-2-6(10)4-7(8)11/h2-5,14-15H,1H3,(H2,12,13). The fourth-order valence-corrected chi connectivity index (χ4v) is 2.75. The van der Waals surface area contributed by atoms with Gasteiger partial charge >= 0.3 is 0 Å². The summed E-state index contributed by atoms with van der Waals surface area (Å²) >= 11 is 3.02. The van der Waals surface area contributed by atoms with Gasteiger partial charge in [-0.25, -0.2) is 17.5 Å². The Hall–Kier alpha value is -1.19. The van der Waals surface area contributed by atoms with Crippen molar-refractivity contribution in [2.24, 2.45) is 10.9 Å². The van der Waals surface area contributed by atoms with E-state index in [9.17, 15) is 12.8 Å². The van der Waals surface area contributed by atoms with Crippen LogP contribution in [-0.4, -0.2) is 25.5 Å². The zero-order valence-corrected chi connectivity index (χ0v) is 11.7. The van der Waals surface area contributed by atoms with E-state index in [2.05, 4.69) is 25.8 Å². The summed E-state index contributed by atoms with van der Waals surface area (Å²) in [6, 6.07) is 2.58. The van der Waals surface area contributed by atoms with Gasteiger partial charge in [0.1, 0.15) is 10.7 Å². The number of hydrogen-bond donors (Lipinski definition) is 3. The van der Waals surface area contributed by atoms with Gasteiger partial charge in [0.05, 0.1) is 6.04 Å². The lowest BCUT2D eigenvalue weighted by Crippen LogP contribution is -2.42.